The van der Waals surface area contributed by atoms with Crippen LogP contribution in [0.3, 0.4) is 0 Å². The van der Waals surface area contributed by atoms with Gasteiger partial charge in [-0.15, -0.1) is 0 Å². The Hall–Kier alpha value is -1.34. The van der Waals surface area contributed by atoms with Crippen molar-refractivity contribution in [2.45, 2.75) is 46.2 Å². The Morgan fingerprint density at radius 2 is 2.16 bits per heavy atom. The van der Waals surface area contributed by atoms with Crippen LogP contribution in [0.1, 0.15) is 44.0 Å². The molecule has 1 saturated heterocycles. The number of aryl methyl sites for hydroxylation is 2. The van der Waals surface area contributed by atoms with Crippen LogP contribution in [0.5, 0.6) is 0 Å². The highest BCUT2D eigenvalue weighted by molar-refractivity contribution is 9.10. The van der Waals surface area contributed by atoms with Crippen LogP contribution < -0.4 is 10.5 Å². The van der Waals surface area contributed by atoms with Crippen LogP contribution in [0.15, 0.2) is 15.5 Å². The van der Waals surface area contributed by atoms with Crippen LogP contribution in [0.2, 0.25) is 5.15 Å². The molecule has 1 aliphatic rings. The number of aromatic nitrogens is 4. The predicted molar refractivity (Wildman–Crippen MR) is 103 cm³/mol. The van der Waals surface area contributed by atoms with Gasteiger partial charge in [0.15, 0.2) is 0 Å². The fourth-order valence-electron chi connectivity index (χ4n) is 3.47. The molecule has 0 N–H and O–H groups in total. The van der Waals surface area contributed by atoms with Gasteiger partial charge in [0.2, 0.25) is 0 Å². The lowest BCUT2D eigenvalue weighted by molar-refractivity contribution is 0.481. The summed E-state index contributed by atoms with van der Waals surface area (Å²) in [5.41, 5.74) is 2.70. The molecule has 2 aromatic rings. The highest BCUT2D eigenvalue weighted by Crippen LogP contribution is 2.41. The van der Waals surface area contributed by atoms with Crippen LogP contribution in [0.4, 0.5) is 5.69 Å². The van der Waals surface area contributed by atoms with E-state index in [1.165, 1.54) is 4.68 Å². The van der Waals surface area contributed by atoms with Crippen molar-refractivity contribution in [2.24, 2.45) is 13.0 Å². The summed E-state index contributed by atoms with van der Waals surface area (Å²) in [5.74, 6) is 0.472. The summed E-state index contributed by atoms with van der Waals surface area (Å²) in [4.78, 5) is 14.4. The Morgan fingerprint density at radius 3 is 2.84 bits per heavy atom. The van der Waals surface area contributed by atoms with Gasteiger partial charge in [-0.1, -0.05) is 25.4 Å². The molecule has 0 saturated carbocycles. The largest absolute Gasteiger partial charge is 0.362 e. The number of nitrogens with zero attached hydrogens (tertiary/aromatic N) is 5. The first-order valence-corrected chi connectivity index (χ1v) is 9.69. The Bertz CT molecular complexity index is 844. The molecule has 1 fully saturated rings. The molecule has 25 heavy (non-hydrogen) atoms. The lowest BCUT2D eigenvalue weighted by atomic mass is 10.1. The van der Waals surface area contributed by atoms with E-state index in [0.717, 1.165) is 42.9 Å². The lowest BCUT2D eigenvalue weighted by Gasteiger charge is -2.27. The van der Waals surface area contributed by atoms with Crippen LogP contribution in [0, 0.1) is 12.8 Å². The smallest absolute Gasteiger partial charge is 0.282 e. The summed E-state index contributed by atoms with van der Waals surface area (Å²) in [6.07, 6.45) is 3.76. The number of rotatable bonds is 4. The maximum atomic E-state index is 12.2. The van der Waals surface area contributed by atoms with Gasteiger partial charge in [0.05, 0.1) is 23.6 Å². The second-order valence-corrected chi connectivity index (χ2v) is 8.14. The van der Waals surface area contributed by atoms with Crippen molar-refractivity contribution in [3.63, 3.8) is 0 Å². The second kappa shape index (κ2) is 7.11. The average molecular weight is 429 g/mol. The Morgan fingerprint density at radius 1 is 1.44 bits per heavy atom. The maximum absolute atomic E-state index is 12.2. The molecule has 0 aliphatic carbocycles. The minimum atomic E-state index is -0.138. The van der Waals surface area contributed by atoms with E-state index in [1.54, 1.807) is 13.2 Å². The van der Waals surface area contributed by atoms with Gasteiger partial charge in [-0.2, -0.15) is 10.2 Å². The Labute approximate surface area is 160 Å². The summed E-state index contributed by atoms with van der Waals surface area (Å²) in [6.45, 7) is 7.97. The maximum Gasteiger partial charge on any atom is 0.282 e. The van der Waals surface area contributed by atoms with E-state index in [9.17, 15) is 4.79 Å². The average Bonchev–Trinajstić information content (AvgIpc) is 3.10. The van der Waals surface area contributed by atoms with E-state index in [4.69, 9.17) is 11.6 Å². The summed E-state index contributed by atoms with van der Waals surface area (Å²) in [6, 6.07) is 0.110. The molecule has 1 unspecified atom stereocenters. The zero-order chi connectivity index (χ0) is 18.3. The number of anilines is 1. The van der Waals surface area contributed by atoms with Gasteiger partial charge in [0.25, 0.3) is 5.56 Å². The van der Waals surface area contributed by atoms with Gasteiger partial charge < -0.3 is 4.90 Å². The normalized spacial score (nSPS) is 17.7. The van der Waals surface area contributed by atoms with Gasteiger partial charge >= 0.3 is 0 Å². The summed E-state index contributed by atoms with van der Waals surface area (Å²) >= 11 is 10.1. The zero-order valence-electron chi connectivity index (χ0n) is 15.0. The first kappa shape index (κ1) is 18.5. The SMILES string of the molecule is Cc1nn(CC(C)C)c(Cl)c1C1CCCN1c1cnn(C)c(=O)c1Br. The van der Waals surface area contributed by atoms with Gasteiger partial charge in [-0.05, 0) is 41.6 Å². The molecule has 6 nitrogen and oxygen atoms in total. The molecular formula is C17H23BrClN5O. The minimum Gasteiger partial charge on any atom is -0.362 e. The Balaban J connectivity index is 2.02. The van der Waals surface area contributed by atoms with Crippen molar-refractivity contribution in [2.75, 3.05) is 11.4 Å². The third-order valence-electron chi connectivity index (χ3n) is 4.60. The van der Waals surface area contributed by atoms with E-state index < -0.39 is 0 Å². The molecule has 0 amide bonds. The van der Waals surface area contributed by atoms with Gasteiger partial charge in [-0.3, -0.25) is 9.48 Å². The van der Waals surface area contributed by atoms with Crippen LogP contribution in [0.25, 0.3) is 0 Å². The highest BCUT2D eigenvalue weighted by atomic mass is 79.9. The standard InChI is InChI=1S/C17H23BrClN5O/c1-10(2)9-24-16(19)14(11(3)21-24)12-6-5-7-23(12)13-8-20-22(4)17(25)15(13)18/h8,10,12H,5-7,9H2,1-4H3. The van der Waals surface area contributed by atoms with Crippen molar-refractivity contribution >= 4 is 33.2 Å². The van der Waals surface area contributed by atoms with Crippen molar-refractivity contribution in [3.05, 3.63) is 37.4 Å². The van der Waals surface area contributed by atoms with E-state index in [-0.39, 0.29) is 11.6 Å². The zero-order valence-corrected chi connectivity index (χ0v) is 17.3. The summed E-state index contributed by atoms with van der Waals surface area (Å²) < 4.78 is 3.77. The second-order valence-electron chi connectivity index (χ2n) is 6.99. The number of hydrogen-bond donors (Lipinski definition) is 0. The van der Waals surface area contributed by atoms with E-state index in [0.29, 0.717) is 15.5 Å². The van der Waals surface area contributed by atoms with E-state index >= 15 is 0 Å². The molecule has 3 heterocycles. The molecule has 2 aromatic heterocycles. The predicted octanol–water partition coefficient (Wildman–Crippen LogP) is 3.70. The number of hydrogen-bond acceptors (Lipinski definition) is 4. The molecule has 0 aromatic carbocycles. The van der Waals surface area contributed by atoms with Crippen molar-refractivity contribution in [3.8, 4) is 0 Å². The molecule has 0 bridgehead atoms. The highest BCUT2D eigenvalue weighted by Gasteiger charge is 2.33. The minimum absolute atomic E-state index is 0.110. The fraction of sp³-hybridized carbons (Fsp3) is 0.588. The molecule has 1 aliphatic heterocycles. The van der Waals surface area contributed by atoms with E-state index in [1.807, 2.05) is 11.6 Å². The summed E-state index contributed by atoms with van der Waals surface area (Å²) in [5, 5.41) is 9.53. The quantitative estimate of drug-likeness (QED) is 0.745. The van der Waals surface area contributed by atoms with E-state index in [2.05, 4.69) is 44.9 Å². The molecule has 8 heteroatoms. The topological polar surface area (TPSA) is 56.0 Å². The van der Waals surface area contributed by atoms with Crippen molar-refractivity contribution < 1.29 is 0 Å². The molecular weight excluding hydrogens is 406 g/mol. The van der Waals surface area contributed by atoms with Crippen molar-refractivity contribution in [1.82, 2.24) is 19.6 Å². The first-order valence-electron chi connectivity index (χ1n) is 8.52. The fourth-order valence-corrected chi connectivity index (χ4v) is 4.43. The molecule has 136 valence electrons. The summed E-state index contributed by atoms with van der Waals surface area (Å²) in [7, 11) is 1.65. The number of halogens is 2. The van der Waals surface area contributed by atoms with Crippen LogP contribution in [-0.4, -0.2) is 26.1 Å². The third-order valence-corrected chi connectivity index (χ3v) is 5.75. The van der Waals surface area contributed by atoms with Gasteiger partial charge in [0.1, 0.15) is 9.63 Å². The van der Waals surface area contributed by atoms with Crippen molar-refractivity contribution in [1.29, 1.82) is 0 Å². The molecule has 3 rings (SSSR count). The third kappa shape index (κ3) is 3.36. The molecule has 0 radical (unpaired) electrons. The monoisotopic (exact) mass is 427 g/mol. The molecule has 1 atom stereocenters. The van der Waals surface area contributed by atoms with Gasteiger partial charge in [-0.25, -0.2) is 4.68 Å². The molecule has 0 spiro atoms. The van der Waals surface area contributed by atoms with Crippen LogP contribution >= 0.6 is 27.5 Å². The van der Waals surface area contributed by atoms with Crippen LogP contribution in [-0.2, 0) is 13.6 Å². The Kier molecular flexibility index (Phi) is 5.25. The first-order chi connectivity index (χ1) is 11.8. The lowest BCUT2D eigenvalue weighted by Crippen LogP contribution is -2.28. The van der Waals surface area contributed by atoms with Gasteiger partial charge in [0, 0.05) is 25.7 Å².